The molecule has 0 spiro atoms. The van der Waals surface area contributed by atoms with Crippen LogP contribution in [0.15, 0.2) is 6.33 Å². The molecule has 4 nitrogen and oxygen atoms in total. The number of H-pyrrole nitrogens is 1. The molecular weight excluding hydrogens is 224 g/mol. The lowest BCUT2D eigenvalue weighted by molar-refractivity contribution is 0.424. The quantitative estimate of drug-likeness (QED) is 0.603. The summed E-state index contributed by atoms with van der Waals surface area (Å²) in [4.78, 5) is 4.14. The van der Waals surface area contributed by atoms with Crippen LogP contribution in [0.1, 0.15) is 57.7 Å². The van der Waals surface area contributed by atoms with Gasteiger partial charge in [0.25, 0.3) is 0 Å². The standard InChI is InChI=1S/C14H26N4/c1-2-12-5-3-6-13(9-8-12)15-10-4-7-14-16-11-17-18-14/h11-13,15H,2-10H2,1H3,(H,16,17,18). The second-order valence-corrected chi connectivity index (χ2v) is 5.47. The smallest absolute Gasteiger partial charge is 0.137 e. The van der Waals surface area contributed by atoms with Gasteiger partial charge < -0.3 is 5.32 Å². The molecule has 1 aromatic rings. The predicted molar refractivity (Wildman–Crippen MR) is 73.4 cm³/mol. The third-order valence-corrected chi connectivity index (χ3v) is 4.15. The van der Waals surface area contributed by atoms with Gasteiger partial charge in [-0.15, -0.1) is 0 Å². The summed E-state index contributed by atoms with van der Waals surface area (Å²) in [5.41, 5.74) is 0. The van der Waals surface area contributed by atoms with Crippen LogP contribution in [0.4, 0.5) is 0 Å². The molecule has 0 radical (unpaired) electrons. The summed E-state index contributed by atoms with van der Waals surface area (Å²) in [7, 11) is 0. The van der Waals surface area contributed by atoms with Gasteiger partial charge >= 0.3 is 0 Å². The third-order valence-electron chi connectivity index (χ3n) is 4.15. The Morgan fingerprint density at radius 1 is 1.33 bits per heavy atom. The van der Waals surface area contributed by atoms with Crippen LogP contribution in [0.5, 0.6) is 0 Å². The number of hydrogen-bond acceptors (Lipinski definition) is 3. The predicted octanol–water partition coefficient (Wildman–Crippen LogP) is 2.69. The largest absolute Gasteiger partial charge is 0.314 e. The highest BCUT2D eigenvalue weighted by Gasteiger charge is 2.16. The SMILES string of the molecule is CCC1CCCC(NCCCc2ncn[nH]2)CC1. The summed E-state index contributed by atoms with van der Waals surface area (Å²) in [6.07, 6.45) is 12.1. The Kier molecular flexibility index (Phi) is 5.65. The molecule has 2 N–H and O–H groups in total. The molecule has 102 valence electrons. The number of hydrogen-bond donors (Lipinski definition) is 2. The molecule has 2 unspecified atom stereocenters. The highest BCUT2D eigenvalue weighted by atomic mass is 15.2. The van der Waals surface area contributed by atoms with Crippen molar-refractivity contribution in [3.8, 4) is 0 Å². The summed E-state index contributed by atoms with van der Waals surface area (Å²) in [6.45, 7) is 3.43. The molecule has 1 saturated carbocycles. The molecule has 0 aromatic carbocycles. The van der Waals surface area contributed by atoms with E-state index in [9.17, 15) is 0 Å². The van der Waals surface area contributed by atoms with Crippen molar-refractivity contribution in [2.75, 3.05) is 6.54 Å². The van der Waals surface area contributed by atoms with Gasteiger partial charge in [-0.3, -0.25) is 5.10 Å². The van der Waals surface area contributed by atoms with Gasteiger partial charge in [0.05, 0.1) is 0 Å². The molecule has 0 amide bonds. The van der Waals surface area contributed by atoms with E-state index in [2.05, 4.69) is 27.4 Å². The Bertz CT molecular complexity index is 310. The molecule has 1 aliphatic carbocycles. The molecule has 0 bridgehead atoms. The van der Waals surface area contributed by atoms with Crippen molar-refractivity contribution in [2.24, 2.45) is 5.92 Å². The summed E-state index contributed by atoms with van der Waals surface area (Å²) >= 11 is 0. The van der Waals surface area contributed by atoms with Gasteiger partial charge in [-0.2, -0.15) is 5.10 Å². The number of rotatable bonds is 6. The highest BCUT2D eigenvalue weighted by molar-refractivity contribution is 4.80. The van der Waals surface area contributed by atoms with Crippen LogP contribution < -0.4 is 5.32 Å². The van der Waals surface area contributed by atoms with Gasteiger partial charge in [-0.05, 0) is 38.1 Å². The zero-order chi connectivity index (χ0) is 12.6. The van der Waals surface area contributed by atoms with Crippen LogP contribution in [0.2, 0.25) is 0 Å². The molecule has 2 rings (SSSR count). The van der Waals surface area contributed by atoms with Crippen LogP contribution in [0.3, 0.4) is 0 Å². The van der Waals surface area contributed by atoms with E-state index in [0.717, 1.165) is 37.2 Å². The average molecular weight is 250 g/mol. The lowest BCUT2D eigenvalue weighted by atomic mass is 9.98. The molecule has 1 heterocycles. The van der Waals surface area contributed by atoms with Crippen molar-refractivity contribution in [2.45, 2.75) is 64.3 Å². The van der Waals surface area contributed by atoms with Gasteiger partial charge in [0.15, 0.2) is 0 Å². The second kappa shape index (κ2) is 7.52. The Balaban J connectivity index is 1.58. The van der Waals surface area contributed by atoms with Gasteiger partial charge in [-0.25, -0.2) is 4.98 Å². The Morgan fingerprint density at radius 2 is 2.28 bits per heavy atom. The minimum atomic E-state index is 0.747. The number of aromatic amines is 1. The molecule has 0 saturated heterocycles. The molecule has 18 heavy (non-hydrogen) atoms. The topological polar surface area (TPSA) is 53.6 Å². The van der Waals surface area contributed by atoms with Crippen LogP contribution in [-0.4, -0.2) is 27.8 Å². The summed E-state index contributed by atoms with van der Waals surface area (Å²) in [5, 5.41) is 10.5. The monoisotopic (exact) mass is 250 g/mol. The Hall–Kier alpha value is -0.900. The fraction of sp³-hybridized carbons (Fsp3) is 0.857. The maximum atomic E-state index is 4.14. The highest BCUT2D eigenvalue weighted by Crippen LogP contribution is 2.25. The fourth-order valence-electron chi connectivity index (χ4n) is 2.90. The van der Waals surface area contributed by atoms with E-state index in [-0.39, 0.29) is 0 Å². The summed E-state index contributed by atoms with van der Waals surface area (Å²) in [5.74, 6) is 1.98. The van der Waals surface area contributed by atoms with Crippen LogP contribution in [0.25, 0.3) is 0 Å². The lowest BCUT2D eigenvalue weighted by Crippen LogP contribution is -2.29. The Morgan fingerprint density at radius 3 is 3.06 bits per heavy atom. The third kappa shape index (κ3) is 4.41. The normalized spacial score (nSPS) is 24.9. The first kappa shape index (κ1) is 13.5. The second-order valence-electron chi connectivity index (χ2n) is 5.47. The Labute approximate surface area is 110 Å². The number of nitrogens with one attached hydrogen (secondary N) is 2. The first-order valence-corrected chi connectivity index (χ1v) is 7.46. The van der Waals surface area contributed by atoms with Gasteiger partial charge in [-0.1, -0.05) is 26.2 Å². The lowest BCUT2D eigenvalue weighted by Gasteiger charge is -2.16. The van der Waals surface area contributed by atoms with E-state index in [1.807, 2.05) is 0 Å². The maximum Gasteiger partial charge on any atom is 0.137 e. The van der Waals surface area contributed by atoms with Crippen LogP contribution >= 0.6 is 0 Å². The minimum Gasteiger partial charge on any atom is -0.314 e. The van der Waals surface area contributed by atoms with E-state index < -0.39 is 0 Å². The number of aromatic nitrogens is 3. The zero-order valence-corrected chi connectivity index (χ0v) is 11.5. The summed E-state index contributed by atoms with van der Waals surface area (Å²) in [6, 6.07) is 0.747. The minimum absolute atomic E-state index is 0.747. The van der Waals surface area contributed by atoms with Crippen LogP contribution in [0, 0.1) is 5.92 Å². The van der Waals surface area contributed by atoms with Gasteiger partial charge in [0.1, 0.15) is 12.2 Å². The maximum absolute atomic E-state index is 4.14. The van der Waals surface area contributed by atoms with Crippen molar-refractivity contribution in [3.63, 3.8) is 0 Å². The zero-order valence-electron chi connectivity index (χ0n) is 11.5. The van der Waals surface area contributed by atoms with E-state index >= 15 is 0 Å². The van der Waals surface area contributed by atoms with Crippen LogP contribution in [-0.2, 0) is 6.42 Å². The van der Waals surface area contributed by atoms with Gasteiger partial charge in [0.2, 0.25) is 0 Å². The van der Waals surface area contributed by atoms with Crippen molar-refractivity contribution in [1.82, 2.24) is 20.5 Å². The van der Waals surface area contributed by atoms with Crippen molar-refractivity contribution in [1.29, 1.82) is 0 Å². The van der Waals surface area contributed by atoms with E-state index in [0.29, 0.717) is 0 Å². The van der Waals surface area contributed by atoms with E-state index in [1.165, 1.54) is 38.5 Å². The first-order chi connectivity index (χ1) is 8.88. The molecule has 1 aromatic heterocycles. The van der Waals surface area contributed by atoms with Crippen molar-refractivity contribution in [3.05, 3.63) is 12.2 Å². The fourth-order valence-corrected chi connectivity index (χ4v) is 2.90. The molecular formula is C14H26N4. The molecule has 1 fully saturated rings. The summed E-state index contributed by atoms with van der Waals surface area (Å²) < 4.78 is 0. The number of aryl methyl sites for hydroxylation is 1. The molecule has 4 heteroatoms. The molecule has 0 aliphatic heterocycles. The van der Waals surface area contributed by atoms with E-state index in [1.54, 1.807) is 6.33 Å². The average Bonchev–Trinajstić information content (AvgIpc) is 2.80. The first-order valence-electron chi connectivity index (χ1n) is 7.46. The number of nitrogens with zero attached hydrogens (tertiary/aromatic N) is 2. The van der Waals surface area contributed by atoms with Crippen molar-refractivity contribution >= 4 is 0 Å². The molecule has 1 aliphatic rings. The van der Waals surface area contributed by atoms with Crippen molar-refractivity contribution < 1.29 is 0 Å². The van der Waals surface area contributed by atoms with Gasteiger partial charge in [0, 0.05) is 12.5 Å². The molecule has 2 atom stereocenters. The van der Waals surface area contributed by atoms with E-state index in [4.69, 9.17) is 0 Å².